The Bertz CT molecular complexity index is 570. The van der Waals surface area contributed by atoms with Gasteiger partial charge in [-0.05, 0) is 13.3 Å². The van der Waals surface area contributed by atoms with Crippen LogP contribution in [0.25, 0.3) is 0 Å². The maximum Gasteiger partial charge on any atom is 0.214 e. The highest BCUT2D eigenvalue weighted by Gasteiger charge is 2.39. The lowest BCUT2D eigenvalue weighted by molar-refractivity contribution is -0.0820. The van der Waals surface area contributed by atoms with Gasteiger partial charge in [0.05, 0.1) is 18.6 Å². The van der Waals surface area contributed by atoms with E-state index in [0.29, 0.717) is 19.7 Å². The minimum Gasteiger partial charge on any atom is -0.368 e. The Hall–Kier alpha value is -0.920. The van der Waals surface area contributed by atoms with Gasteiger partial charge in [0, 0.05) is 31.9 Å². The van der Waals surface area contributed by atoms with Crippen LogP contribution in [0.4, 0.5) is 0 Å². The average molecular weight is 315 g/mol. The molecular formula is C14H25N3O3S. The van der Waals surface area contributed by atoms with Crippen LogP contribution in [-0.4, -0.2) is 48.0 Å². The summed E-state index contributed by atoms with van der Waals surface area (Å²) in [6.07, 6.45) is 6.32. The third kappa shape index (κ3) is 3.84. The van der Waals surface area contributed by atoms with Gasteiger partial charge in [-0.3, -0.25) is 4.68 Å². The Kier molecular flexibility index (Phi) is 5.06. The smallest absolute Gasteiger partial charge is 0.214 e. The highest BCUT2D eigenvalue weighted by molar-refractivity contribution is 7.89. The Morgan fingerprint density at radius 3 is 2.81 bits per heavy atom. The van der Waals surface area contributed by atoms with E-state index in [1.807, 2.05) is 20.2 Å². The fourth-order valence-corrected chi connectivity index (χ4v) is 4.23. The molecule has 1 saturated heterocycles. The quantitative estimate of drug-likeness (QED) is 0.746. The predicted molar refractivity (Wildman–Crippen MR) is 81.4 cm³/mol. The molecule has 0 aromatic carbocycles. The van der Waals surface area contributed by atoms with Crippen molar-refractivity contribution in [2.24, 2.45) is 7.05 Å². The number of rotatable bonds is 6. The summed E-state index contributed by atoms with van der Waals surface area (Å²) in [5.74, 6) is 0.226. The summed E-state index contributed by atoms with van der Waals surface area (Å²) in [6, 6.07) is 0. The highest BCUT2D eigenvalue weighted by Crippen LogP contribution is 2.30. The summed E-state index contributed by atoms with van der Waals surface area (Å²) >= 11 is 0. The van der Waals surface area contributed by atoms with Crippen LogP contribution in [0.2, 0.25) is 0 Å². The number of morpholine rings is 1. The van der Waals surface area contributed by atoms with Gasteiger partial charge in [0.1, 0.15) is 5.60 Å². The van der Waals surface area contributed by atoms with Gasteiger partial charge in [0.25, 0.3) is 0 Å². The minimum absolute atomic E-state index is 0.226. The first kappa shape index (κ1) is 16.5. The van der Waals surface area contributed by atoms with Crippen LogP contribution >= 0.6 is 0 Å². The average Bonchev–Trinajstić information content (AvgIpc) is 2.86. The summed E-state index contributed by atoms with van der Waals surface area (Å²) in [5, 5.41) is 4.15. The van der Waals surface area contributed by atoms with E-state index < -0.39 is 15.6 Å². The molecule has 1 atom stereocenters. The van der Waals surface area contributed by atoms with E-state index in [1.54, 1.807) is 15.2 Å². The summed E-state index contributed by atoms with van der Waals surface area (Å²) in [6.45, 7) is 5.20. The molecule has 120 valence electrons. The molecule has 1 fully saturated rings. The molecule has 0 spiro atoms. The number of nitrogens with zero attached hydrogens (tertiary/aromatic N) is 3. The van der Waals surface area contributed by atoms with Crippen molar-refractivity contribution in [3.05, 3.63) is 18.0 Å². The van der Waals surface area contributed by atoms with Gasteiger partial charge in [-0.2, -0.15) is 9.40 Å². The second-order valence-electron chi connectivity index (χ2n) is 5.84. The van der Waals surface area contributed by atoms with E-state index in [1.165, 1.54) is 0 Å². The number of hydrogen-bond acceptors (Lipinski definition) is 4. The van der Waals surface area contributed by atoms with E-state index >= 15 is 0 Å². The van der Waals surface area contributed by atoms with Crippen LogP contribution < -0.4 is 0 Å². The third-order valence-corrected chi connectivity index (χ3v) is 5.86. The first-order valence-electron chi connectivity index (χ1n) is 7.48. The van der Waals surface area contributed by atoms with Gasteiger partial charge in [-0.1, -0.05) is 19.8 Å². The van der Waals surface area contributed by atoms with E-state index in [4.69, 9.17) is 4.74 Å². The number of aromatic nitrogens is 2. The first-order valence-corrected chi connectivity index (χ1v) is 9.09. The highest BCUT2D eigenvalue weighted by atomic mass is 32.2. The molecule has 1 aromatic rings. The Balaban J connectivity index is 2.09. The van der Waals surface area contributed by atoms with Gasteiger partial charge in [0.2, 0.25) is 10.0 Å². The number of hydrogen-bond donors (Lipinski definition) is 0. The molecule has 0 amide bonds. The Morgan fingerprint density at radius 1 is 1.43 bits per heavy atom. The second kappa shape index (κ2) is 6.46. The van der Waals surface area contributed by atoms with Gasteiger partial charge < -0.3 is 4.74 Å². The van der Waals surface area contributed by atoms with Crippen molar-refractivity contribution in [2.75, 3.05) is 25.4 Å². The lowest BCUT2D eigenvalue weighted by Gasteiger charge is -2.39. The van der Waals surface area contributed by atoms with Crippen LogP contribution in [0.1, 0.15) is 38.7 Å². The number of ether oxygens (including phenoxy) is 1. The molecule has 1 aliphatic heterocycles. The van der Waals surface area contributed by atoms with Crippen LogP contribution in [0.15, 0.2) is 12.4 Å². The van der Waals surface area contributed by atoms with E-state index in [9.17, 15) is 8.42 Å². The fraction of sp³-hybridized carbons (Fsp3) is 0.786. The lowest BCUT2D eigenvalue weighted by Crippen LogP contribution is -2.50. The molecular weight excluding hydrogens is 290 g/mol. The summed E-state index contributed by atoms with van der Waals surface area (Å²) in [4.78, 5) is 0. The zero-order chi connectivity index (χ0) is 15.5. The van der Waals surface area contributed by atoms with Crippen molar-refractivity contribution in [1.29, 1.82) is 0 Å². The van der Waals surface area contributed by atoms with Crippen LogP contribution in [0.5, 0.6) is 0 Å². The summed E-state index contributed by atoms with van der Waals surface area (Å²) in [5.41, 5.74) is 0.295. The van der Waals surface area contributed by atoms with Crippen molar-refractivity contribution < 1.29 is 13.2 Å². The Morgan fingerprint density at radius 2 is 2.19 bits per heavy atom. The number of unbranched alkanes of at least 4 members (excludes halogenated alkanes) is 2. The van der Waals surface area contributed by atoms with Crippen LogP contribution in [0, 0.1) is 0 Å². The SMILES string of the molecule is CCCCCS(=O)(=O)N1CCOC(C)(c2cnn(C)c2)C1. The molecule has 0 radical (unpaired) electrons. The van der Waals surface area contributed by atoms with Crippen molar-refractivity contribution in [3.63, 3.8) is 0 Å². The molecule has 0 aliphatic carbocycles. The summed E-state index contributed by atoms with van der Waals surface area (Å²) in [7, 11) is -1.36. The molecule has 1 aliphatic rings. The molecule has 6 nitrogen and oxygen atoms in total. The summed E-state index contributed by atoms with van der Waals surface area (Å²) < 4.78 is 34.0. The molecule has 1 unspecified atom stereocenters. The lowest BCUT2D eigenvalue weighted by atomic mass is 9.98. The molecule has 0 saturated carbocycles. The molecule has 21 heavy (non-hydrogen) atoms. The van der Waals surface area contributed by atoms with E-state index in [-0.39, 0.29) is 5.75 Å². The van der Waals surface area contributed by atoms with Gasteiger partial charge in [-0.15, -0.1) is 0 Å². The zero-order valence-electron chi connectivity index (χ0n) is 13.1. The maximum atomic E-state index is 12.4. The topological polar surface area (TPSA) is 64.4 Å². The van der Waals surface area contributed by atoms with Crippen LogP contribution in [0.3, 0.4) is 0 Å². The monoisotopic (exact) mass is 315 g/mol. The predicted octanol–water partition coefficient (Wildman–Crippen LogP) is 1.49. The molecule has 0 bridgehead atoms. The third-order valence-electron chi connectivity index (χ3n) is 3.95. The molecule has 7 heteroatoms. The standard InChI is InChI=1S/C14H25N3O3S/c1-4-5-6-9-21(18,19)17-7-8-20-14(2,12-17)13-10-15-16(3)11-13/h10-11H,4-9,12H2,1-3H3. The zero-order valence-corrected chi connectivity index (χ0v) is 13.9. The number of aryl methyl sites for hydroxylation is 1. The van der Waals surface area contributed by atoms with E-state index in [0.717, 1.165) is 24.8 Å². The van der Waals surface area contributed by atoms with Gasteiger partial charge in [0.15, 0.2) is 0 Å². The normalized spacial score (nSPS) is 24.3. The van der Waals surface area contributed by atoms with Crippen molar-refractivity contribution in [1.82, 2.24) is 14.1 Å². The minimum atomic E-state index is -3.20. The van der Waals surface area contributed by atoms with Crippen LogP contribution in [-0.2, 0) is 27.4 Å². The van der Waals surface area contributed by atoms with Gasteiger partial charge in [-0.25, -0.2) is 8.42 Å². The van der Waals surface area contributed by atoms with Crippen molar-refractivity contribution in [2.45, 2.75) is 38.7 Å². The fourth-order valence-electron chi connectivity index (χ4n) is 2.60. The van der Waals surface area contributed by atoms with Gasteiger partial charge >= 0.3 is 0 Å². The molecule has 0 N–H and O–H groups in total. The molecule has 2 rings (SSSR count). The largest absolute Gasteiger partial charge is 0.368 e. The van der Waals surface area contributed by atoms with Crippen molar-refractivity contribution >= 4 is 10.0 Å². The Labute approximate surface area is 127 Å². The number of sulfonamides is 1. The second-order valence-corrected chi connectivity index (χ2v) is 7.93. The van der Waals surface area contributed by atoms with E-state index in [2.05, 4.69) is 12.0 Å². The first-order chi connectivity index (χ1) is 9.87. The maximum absolute atomic E-state index is 12.4. The molecule has 1 aromatic heterocycles. The van der Waals surface area contributed by atoms with Crippen molar-refractivity contribution in [3.8, 4) is 0 Å². The molecule has 2 heterocycles.